The SMILES string of the molecule is CC(C)c1cccc(C(C)C)c1N1[CH-]N(c2c(C(C)C)cccc2C(C)C)CC1.CC1Oc2c([CH]=[Ru+])cccc2NC1=O.Cl. The summed E-state index contributed by atoms with van der Waals surface area (Å²) in [6, 6.07) is 19.4. The summed E-state index contributed by atoms with van der Waals surface area (Å²) in [7, 11) is 0. The second kappa shape index (κ2) is 15.5. The first-order valence-corrected chi connectivity index (χ1v) is 16.6. The molecule has 1 fully saturated rings. The van der Waals surface area contributed by atoms with Gasteiger partial charge in [0.05, 0.1) is 0 Å². The zero-order valence-electron chi connectivity index (χ0n) is 27.6. The largest absolute Gasteiger partial charge is 0.147 e. The normalized spacial score (nSPS) is 15.9. The van der Waals surface area contributed by atoms with Crippen molar-refractivity contribution in [3.63, 3.8) is 0 Å². The summed E-state index contributed by atoms with van der Waals surface area (Å²) in [6.07, 6.45) is -0.421. The molecule has 0 saturated carbocycles. The summed E-state index contributed by atoms with van der Waals surface area (Å²) in [5.74, 6) is 2.71. The molecule has 239 valence electrons. The number of benzene rings is 3. The third-order valence-corrected chi connectivity index (χ3v) is 8.74. The molecule has 5 rings (SSSR count). The molecule has 2 heterocycles. The van der Waals surface area contributed by atoms with E-state index in [9.17, 15) is 4.79 Å². The van der Waals surface area contributed by atoms with E-state index in [1.165, 1.54) is 33.6 Å². The number of ether oxygens (including phenoxy) is 1. The van der Waals surface area contributed by atoms with Gasteiger partial charge < -0.3 is 9.80 Å². The minimum atomic E-state index is -0.421. The molecule has 0 spiro atoms. The maximum Gasteiger partial charge on any atom is -0.147 e. The number of para-hydroxylation sites is 3. The zero-order chi connectivity index (χ0) is 31.4. The molecule has 7 heteroatoms. The smallest absolute Gasteiger partial charge is 0.147 e. The summed E-state index contributed by atoms with van der Waals surface area (Å²) in [6.45, 7) is 24.6. The van der Waals surface area contributed by atoms with Crippen LogP contribution in [-0.4, -0.2) is 29.7 Å². The molecule has 2 aliphatic heterocycles. The molecule has 1 atom stereocenters. The van der Waals surface area contributed by atoms with E-state index in [4.69, 9.17) is 4.74 Å². The van der Waals surface area contributed by atoms with Crippen molar-refractivity contribution < 1.29 is 27.4 Å². The zero-order valence-corrected chi connectivity index (χ0v) is 30.2. The minimum absolute atomic E-state index is 0. The van der Waals surface area contributed by atoms with Crippen molar-refractivity contribution in [2.24, 2.45) is 0 Å². The van der Waals surface area contributed by atoms with Crippen LogP contribution in [0.2, 0.25) is 0 Å². The number of fused-ring (bicyclic) bond motifs is 1. The van der Waals surface area contributed by atoms with Gasteiger partial charge in [-0.2, -0.15) is 6.67 Å². The Kier molecular flexibility index (Phi) is 12.6. The third-order valence-electron chi connectivity index (χ3n) is 8.20. The van der Waals surface area contributed by atoms with Gasteiger partial charge in [-0.05, 0) is 45.9 Å². The Bertz CT molecular complexity index is 1330. The van der Waals surface area contributed by atoms with E-state index >= 15 is 0 Å². The average molecular weight is 704 g/mol. The number of hydrogen-bond acceptors (Lipinski definition) is 4. The molecule has 44 heavy (non-hydrogen) atoms. The van der Waals surface area contributed by atoms with E-state index in [2.05, 4.69) is 131 Å². The maximum absolute atomic E-state index is 11.3. The molecule has 1 saturated heterocycles. The van der Waals surface area contributed by atoms with Gasteiger partial charge in [0.2, 0.25) is 0 Å². The standard InChI is InChI=1S/C27H39N2.C10H9NO2.ClH.Ru/c1-18(2)22-11-9-12-23(19(3)4)26(22)28-15-16-29(17-28)27-24(20(5)6)13-10-14-25(27)21(7)8;1-6-4-3-5-8-9(6)13-7(2)10(12)11-8;;/h9-14,17-21H,15-16H2,1-8H3;1,3-5,7H,2H3,(H,11,12);1H;/q-1;;;+1. The minimum Gasteiger partial charge on any atom is -0.147 e. The molecule has 1 unspecified atom stereocenters. The number of nitrogens with zero attached hydrogens (tertiary/aromatic N) is 2. The van der Waals surface area contributed by atoms with Gasteiger partial charge in [0.15, 0.2) is 0 Å². The molecule has 0 aliphatic carbocycles. The van der Waals surface area contributed by atoms with Crippen molar-refractivity contribution >= 4 is 40.0 Å². The summed E-state index contributed by atoms with van der Waals surface area (Å²) in [4.78, 5) is 16.3. The Morgan fingerprint density at radius 1 is 0.773 bits per heavy atom. The molecule has 1 N–H and O–H groups in total. The first-order chi connectivity index (χ1) is 20.4. The van der Waals surface area contributed by atoms with E-state index in [1.54, 1.807) is 6.92 Å². The molecule has 3 aromatic rings. The van der Waals surface area contributed by atoms with Crippen molar-refractivity contribution in [1.29, 1.82) is 0 Å². The van der Waals surface area contributed by atoms with Gasteiger partial charge in [0.25, 0.3) is 0 Å². The molecule has 0 aromatic heterocycles. The number of amides is 1. The number of carbonyl (C=O) groups is 1. The summed E-state index contributed by atoms with van der Waals surface area (Å²) < 4.78 is 7.40. The number of hydrogen-bond donors (Lipinski definition) is 1. The number of rotatable bonds is 7. The molecule has 0 radical (unpaired) electrons. The molecule has 0 bridgehead atoms. The second-order valence-corrected chi connectivity index (χ2v) is 13.3. The molecule has 5 nitrogen and oxygen atoms in total. The Labute approximate surface area is 281 Å². The van der Waals surface area contributed by atoms with Crippen LogP contribution in [0, 0.1) is 6.67 Å². The Morgan fingerprint density at radius 2 is 1.18 bits per heavy atom. The number of halogens is 1. The van der Waals surface area contributed by atoms with Crippen LogP contribution in [0.1, 0.15) is 114 Å². The molecule has 3 aromatic carbocycles. The van der Waals surface area contributed by atoms with E-state index in [0.717, 1.165) is 30.1 Å². The average Bonchev–Trinajstić information content (AvgIpc) is 3.46. The quantitative estimate of drug-likeness (QED) is 0.197. The Hall–Kier alpha value is -2.69. The van der Waals surface area contributed by atoms with Crippen LogP contribution in [0.3, 0.4) is 0 Å². The maximum atomic E-state index is 11.3. The van der Waals surface area contributed by atoms with Crippen molar-refractivity contribution in [2.45, 2.75) is 92.1 Å². The number of nitrogens with one attached hydrogen (secondary N) is 1. The van der Waals surface area contributed by atoms with Crippen molar-refractivity contribution in [2.75, 3.05) is 28.2 Å². The second-order valence-electron chi connectivity index (χ2n) is 12.8. The van der Waals surface area contributed by atoms with Crippen molar-refractivity contribution in [1.82, 2.24) is 0 Å². The summed E-state index contributed by atoms with van der Waals surface area (Å²) in [5, 5.41) is 2.79. The number of carbonyl (C=O) groups excluding carboxylic acids is 1. The summed E-state index contributed by atoms with van der Waals surface area (Å²) >= 11 is 2.43. The van der Waals surface area contributed by atoms with Crippen LogP contribution in [0.4, 0.5) is 17.1 Å². The summed E-state index contributed by atoms with van der Waals surface area (Å²) in [5.41, 5.74) is 10.4. The third kappa shape index (κ3) is 7.75. The van der Waals surface area contributed by atoms with Gasteiger partial charge >= 0.3 is 91.4 Å². The van der Waals surface area contributed by atoms with Crippen LogP contribution < -0.4 is 19.9 Å². The van der Waals surface area contributed by atoms with Gasteiger partial charge in [-0.3, -0.25) is 0 Å². The predicted octanol–water partition coefficient (Wildman–Crippen LogP) is 9.15. The van der Waals surface area contributed by atoms with E-state index < -0.39 is 6.10 Å². The van der Waals surface area contributed by atoms with Crippen LogP contribution in [-0.2, 0) is 22.6 Å². The monoisotopic (exact) mass is 704 g/mol. The molecular weight excluding hydrogens is 655 g/mol. The van der Waals surface area contributed by atoms with E-state index in [-0.39, 0.29) is 18.3 Å². The first kappa shape index (κ1) is 35.8. The van der Waals surface area contributed by atoms with Crippen LogP contribution in [0.25, 0.3) is 0 Å². The molecular formula is C37H49ClN3O2Ru. The number of anilines is 3. The van der Waals surface area contributed by atoms with Gasteiger partial charge in [0, 0.05) is 24.5 Å². The van der Waals surface area contributed by atoms with Gasteiger partial charge in [-0.1, -0.05) is 91.8 Å². The fourth-order valence-corrected chi connectivity index (χ4v) is 6.25. The van der Waals surface area contributed by atoms with E-state index in [1.807, 2.05) is 22.8 Å². The molecule has 2 aliphatic rings. The van der Waals surface area contributed by atoms with Gasteiger partial charge in [-0.25, -0.2) is 0 Å². The molecule has 1 amide bonds. The fraction of sp³-hybridized carbons (Fsp3) is 0.432. The first-order valence-electron chi connectivity index (χ1n) is 15.6. The van der Waals surface area contributed by atoms with Crippen molar-refractivity contribution in [3.05, 3.63) is 89.1 Å². The van der Waals surface area contributed by atoms with Gasteiger partial charge in [0.1, 0.15) is 0 Å². The van der Waals surface area contributed by atoms with Crippen molar-refractivity contribution in [3.8, 4) is 5.75 Å². The topological polar surface area (TPSA) is 44.8 Å². The van der Waals surface area contributed by atoms with Crippen LogP contribution in [0.5, 0.6) is 5.75 Å². The fourth-order valence-electron chi connectivity index (χ4n) is 5.85. The Balaban J connectivity index is 0.000000295. The van der Waals surface area contributed by atoms with E-state index in [0.29, 0.717) is 23.7 Å². The van der Waals surface area contributed by atoms with Crippen LogP contribution >= 0.6 is 12.4 Å². The predicted molar refractivity (Wildman–Crippen MR) is 186 cm³/mol. The van der Waals surface area contributed by atoms with Crippen LogP contribution in [0.15, 0.2) is 54.6 Å². The Morgan fingerprint density at radius 3 is 1.57 bits per heavy atom. The van der Waals surface area contributed by atoms with Gasteiger partial charge in [-0.15, -0.1) is 12.4 Å².